The van der Waals surface area contributed by atoms with Crippen LogP contribution in [0, 0.1) is 0 Å². The summed E-state index contributed by atoms with van der Waals surface area (Å²) in [7, 11) is 5.65. The maximum absolute atomic E-state index is 12.5. The zero-order valence-corrected chi connectivity index (χ0v) is 17.4. The standard InChI is InChI=1S/C23H29N3O3/c1-25(2)21(18-8-12-20(29-3)13-9-18)16-24-22(27)15-17-6-10-19(11-7-17)26-14-4-5-23(26)28/h6-13,21H,4-5,14-16H2,1-3H3,(H,24,27). The molecule has 0 bridgehead atoms. The molecule has 1 fully saturated rings. The van der Waals surface area contributed by atoms with E-state index in [1.807, 2.05) is 62.6 Å². The smallest absolute Gasteiger partial charge is 0.227 e. The van der Waals surface area contributed by atoms with Gasteiger partial charge in [-0.15, -0.1) is 0 Å². The van der Waals surface area contributed by atoms with Crippen molar-refractivity contribution in [2.24, 2.45) is 0 Å². The SMILES string of the molecule is COc1ccc(C(CNC(=O)Cc2ccc(N3CCCC3=O)cc2)N(C)C)cc1. The summed E-state index contributed by atoms with van der Waals surface area (Å²) >= 11 is 0. The van der Waals surface area contributed by atoms with Crippen molar-refractivity contribution in [1.29, 1.82) is 0 Å². The maximum atomic E-state index is 12.5. The minimum absolute atomic E-state index is 0.0182. The van der Waals surface area contributed by atoms with Gasteiger partial charge in [0.15, 0.2) is 0 Å². The van der Waals surface area contributed by atoms with Crippen LogP contribution in [0.3, 0.4) is 0 Å². The minimum atomic E-state index is -0.0182. The first-order chi connectivity index (χ1) is 14.0. The summed E-state index contributed by atoms with van der Waals surface area (Å²) in [6.45, 7) is 1.30. The molecule has 0 aliphatic carbocycles. The number of rotatable bonds is 8. The number of anilines is 1. The van der Waals surface area contributed by atoms with Crippen molar-refractivity contribution in [3.8, 4) is 5.75 Å². The average Bonchev–Trinajstić information content (AvgIpc) is 3.15. The molecule has 0 radical (unpaired) electrons. The van der Waals surface area contributed by atoms with Gasteiger partial charge in [0.2, 0.25) is 11.8 Å². The molecule has 1 aliphatic rings. The van der Waals surface area contributed by atoms with Gasteiger partial charge in [0.05, 0.1) is 19.6 Å². The Balaban J connectivity index is 1.55. The van der Waals surface area contributed by atoms with Gasteiger partial charge in [0, 0.05) is 25.2 Å². The Bertz CT molecular complexity index is 831. The number of nitrogens with one attached hydrogen (secondary N) is 1. The van der Waals surface area contributed by atoms with Gasteiger partial charge >= 0.3 is 0 Å². The molecule has 0 aromatic heterocycles. The highest BCUT2D eigenvalue weighted by Crippen LogP contribution is 2.22. The van der Waals surface area contributed by atoms with Crippen LogP contribution in [-0.2, 0) is 16.0 Å². The van der Waals surface area contributed by atoms with E-state index in [1.54, 1.807) is 12.0 Å². The van der Waals surface area contributed by atoms with Gasteiger partial charge < -0.3 is 19.9 Å². The molecule has 1 N–H and O–H groups in total. The Hall–Kier alpha value is -2.86. The summed E-state index contributed by atoms with van der Waals surface area (Å²) in [5.74, 6) is 0.966. The number of benzene rings is 2. The largest absolute Gasteiger partial charge is 0.497 e. The highest BCUT2D eigenvalue weighted by Gasteiger charge is 2.21. The van der Waals surface area contributed by atoms with Crippen molar-refractivity contribution in [3.63, 3.8) is 0 Å². The number of carbonyl (C=O) groups excluding carboxylic acids is 2. The lowest BCUT2D eigenvalue weighted by Gasteiger charge is -2.25. The van der Waals surface area contributed by atoms with Gasteiger partial charge in [-0.3, -0.25) is 9.59 Å². The van der Waals surface area contributed by atoms with Gasteiger partial charge in [-0.1, -0.05) is 24.3 Å². The van der Waals surface area contributed by atoms with Crippen LogP contribution < -0.4 is 15.0 Å². The maximum Gasteiger partial charge on any atom is 0.227 e. The van der Waals surface area contributed by atoms with Gasteiger partial charge in [-0.05, 0) is 55.9 Å². The zero-order chi connectivity index (χ0) is 20.8. The van der Waals surface area contributed by atoms with Crippen LogP contribution >= 0.6 is 0 Å². The van der Waals surface area contributed by atoms with Crippen LogP contribution in [0.5, 0.6) is 5.75 Å². The summed E-state index contributed by atoms with van der Waals surface area (Å²) in [6.07, 6.45) is 1.84. The number of likely N-dealkylation sites (N-methyl/N-ethyl adjacent to an activating group) is 1. The number of hydrogen-bond acceptors (Lipinski definition) is 4. The third kappa shape index (κ3) is 5.35. The molecule has 1 heterocycles. The van der Waals surface area contributed by atoms with Crippen LogP contribution in [0.2, 0.25) is 0 Å². The van der Waals surface area contributed by atoms with E-state index in [9.17, 15) is 9.59 Å². The predicted molar refractivity (Wildman–Crippen MR) is 114 cm³/mol. The molecule has 1 saturated heterocycles. The molecule has 154 valence electrons. The molecule has 1 atom stereocenters. The topological polar surface area (TPSA) is 61.9 Å². The molecule has 1 aliphatic heterocycles. The second kappa shape index (κ2) is 9.56. The fourth-order valence-electron chi connectivity index (χ4n) is 3.60. The second-order valence-corrected chi connectivity index (χ2v) is 7.55. The highest BCUT2D eigenvalue weighted by molar-refractivity contribution is 5.95. The van der Waals surface area contributed by atoms with Crippen LogP contribution in [0.1, 0.15) is 30.0 Å². The van der Waals surface area contributed by atoms with Crippen molar-refractivity contribution >= 4 is 17.5 Å². The van der Waals surface area contributed by atoms with Crippen LogP contribution in [0.15, 0.2) is 48.5 Å². The molecule has 0 saturated carbocycles. The molecule has 2 aromatic rings. The third-order valence-corrected chi connectivity index (χ3v) is 5.30. The lowest BCUT2D eigenvalue weighted by Crippen LogP contribution is -2.35. The fourth-order valence-corrected chi connectivity index (χ4v) is 3.60. The van der Waals surface area contributed by atoms with Crippen molar-refractivity contribution in [1.82, 2.24) is 10.2 Å². The molecule has 0 spiro atoms. The Labute approximate surface area is 172 Å². The zero-order valence-electron chi connectivity index (χ0n) is 17.4. The van der Waals surface area contributed by atoms with Gasteiger partial charge in [-0.25, -0.2) is 0 Å². The molecule has 2 amide bonds. The Morgan fingerprint density at radius 1 is 1.14 bits per heavy atom. The summed E-state index contributed by atoms with van der Waals surface area (Å²) in [5, 5.41) is 3.04. The molecule has 1 unspecified atom stereocenters. The lowest BCUT2D eigenvalue weighted by atomic mass is 10.1. The van der Waals surface area contributed by atoms with Crippen LogP contribution in [0.25, 0.3) is 0 Å². The monoisotopic (exact) mass is 395 g/mol. The summed E-state index contributed by atoms with van der Waals surface area (Å²) in [5.41, 5.74) is 2.96. The van der Waals surface area contributed by atoms with Crippen LogP contribution in [-0.4, -0.2) is 51.0 Å². The first kappa shape index (κ1) is 20.9. The Morgan fingerprint density at radius 2 is 1.83 bits per heavy atom. The molecule has 29 heavy (non-hydrogen) atoms. The number of hydrogen-bond donors (Lipinski definition) is 1. The van der Waals surface area contributed by atoms with Crippen molar-refractivity contribution in [3.05, 3.63) is 59.7 Å². The summed E-state index contributed by atoms with van der Waals surface area (Å²) in [6, 6.07) is 15.7. The molecule has 3 rings (SSSR count). The van der Waals surface area contributed by atoms with Crippen molar-refractivity contribution in [2.75, 3.05) is 39.2 Å². The van der Waals surface area contributed by atoms with E-state index >= 15 is 0 Å². The average molecular weight is 396 g/mol. The number of nitrogens with zero attached hydrogens (tertiary/aromatic N) is 2. The number of carbonyl (C=O) groups is 2. The van der Waals surface area contributed by atoms with Crippen molar-refractivity contribution < 1.29 is 14.3 Å². The second-order valence-electron chi connectivity index (χ2n) is 7.55. The van der Waals surface area contributed by atoms with Crippen LogP contribution in [0.4, 0.5) is 5.69 Å². The van der Waals surface area contributed by atoms with Gasteiger partial charge in [-0.2, -0.15) is 0 Å². The number of ether oxygens (including phenoxy) is 1. The normalized spacial score (nSPS) is 14.9. The van der Waals surface area contributed by atoms with E-state index in [0.717, 1.165) is 35.5 Å². The Kier molecular flexibility index (Phi) is 6.88. The van der Waals surface area contributed by atoms with E-state index < -0.39 is 0 Å². The third-order valence-electron chi connectivity index (χ3n) is 5.30. The first-order valence-corrected chi connectivity index (χ1v) is 9.94. The quantitative estimate of drug-likeness (QED) is 0.747. The predicted octanol–water partition coefficient (Wildman–Crippen LogP) is 2.78. The molecular formula is C23H29N3O3. The van der Waals surface area contributed by atoms with E-state index in [1.165, 1.54) is 0 Å². The summed E-state index contributed by atoms with van der Waals surface area (Å²) < 4.78 is 5.22. The minimum Gasteiger partial charge on any atom is -0.497 e. The number of amides is 2. The van der Waals surface area contributed by atoms with E-state index in [4.69, 9.17) is 4.74 Å². The Morgan fingerprint density at radius 3 is 2.38 bits per heavy atom. The summed E-state index contributed by atoms with van der Waals surface area (Å²) in [4.78, 5) is 28.2. The molecular weight excluding hydrogens is 366 g/mol. The van der Waals surface area contributed by atoms with Gasteiger partial charge in [0.1, 0.15) is 5.75 Å². The number of methoxy groups -OCH3 is 1. The molecule has 6 heteroatoms. The fraction of sp³-hybridized carbons (Fsp3) is 0.391. The lowest BCUT2D eigenvalue weighted by molar-refractivity contribution is -0.120. The van der Waals surface area contributed by atoms with Gasteiger partial charge in [0.25, 0.3) is 0 Å². The first-order valence-electron chi connectivity index (χ1n) is 9.94. The van der Waals surface area contributed by atoms with Crippen molar-refractivity contribution in [2.45, 2.75) is 25.3 Å². The van der Waals surface area contributed by atoms with E-state index in [0.29, 0.717) is 19.4 Å². The van der Waals surface area contributed by atoms with E-state index in [-0.39, 0.29) is 17.9 Å². The van der Waals surface area contributed by atoms with E-state index in [2.05, 4.69) is 10.2 Å². The molecule has 2 aromatic carbocycles. The highest BCUT2D eigenvalue weighted by atomic mass is 16.5. The molecule has 6 nitrogen and oxygen atoms in total.